The molecule has 0 saturated carbocycles. The van der Waals surface area contributed by atoms with Crippen LogP contribution < -0.4 is 22.2 Å². The van der Waals surface area contributed by atoms with Crippen molar-refractivity contribution in [3.63, 3.8) is 0 Å². The summed E-state index contributed by atoms with van der Waals surface area (Å²) in [5.41, 5.74) is 0.472. The lowest BCUT2D eigenvalue weighted by Gasteiger charge is -2.21. The average molecular weight is 372 g/mol. The Balaban J connectivity index is 1.70. The van der Waals surface area contributed by atoms with E-state index in [1.807, 2.05) is 36.4 Å². The van der Waals surface area contributed by atoms with Crippen LogP contribution >= 0.6 is 0 Å². The molecule has 0 spiro atoms. The fourth-order valence-corrected chi connectivity index (χ4v) is 4.22. The van der Waals surface area contributed by atoms with Crippen molar-refractivity contribution in [3.05, 3.63) is 95.0 Å². The van der Waals surface area contributed by atoms with Gasteiger partial charge in [-0.15, -0.1) is 0 Å². The van der Waals surface area contributed by atoms with Gasteiger partial charge >= 0.3 is 0 Å². The standard InChI is InChI=1S/C22H16N2O4/c1-23-19(25)15-9-17-18(10-16(15)20(23)26)22(28)24(21(17)27)11-13-7-4-6-12-5-2-3-8-14(12)13/h2-6,8-10,13H,7,11H2,1H3. The lowest BCUT2D eigenvalue weighted by molar-refractivity contribution is 0.544. The van der Waals surface area contributed by atoms with Crippen LogP contribution in [0.15, 0.2) is 61.7 Å². The predicted octanol–water partition coefficient (Wildman–Crippen LogP) is 1.65. The van der Waals surface area contributed by atoms with Crippen LogP contribution in [0.2, 0.25) is 0 Å². The number of hydrogen-bond acceptors (Lipinski definition) is 4. The first-order valence-corrected chi connectivity index (χ1v) is 9.09. The molecular weight excluding hydrogens is 356 g/mol. The maximum Gasteiger partial charge on any atom is 0.261 e. The SMILES string of the molecule is Cn1c(=O)c2cc3c(=O)n(CC4CC=Cc5ccccc54)c(=O)c3cc2c1=O. The molecule has 4 aromatic rings. The van der Waals surface area contributed by atoms with Gasteiger partial charge in [-0.3, -0.25) is 28.3 Å². The molecule has 0 radical (unpaired) electrons. The smallest absolute Gasteiger partial charge is 0.261 e. The minimum absolute atomic E-state index is 0.0182. The minimum Gasteiger partial charge on any atom is -0.277 e. The zero-order valence-electron chi connectivity index (χ0n) is 15.1. The van der Waals surface area contributed by atoms with Gasteiger partial charge in [0.1, 0.15) is 0 Å². The van der Waals surface area contributed by atoms with Gasteiger partial charge in [-0.25, -0.2) is 0 Å². The molecule has 28 heavy (non-hydrogen) atoms. The van der Waals surface area contributed by atoms with Crippen LogP contribution in [0.4, 0.5) is 0 Å². The number of aromatic nitrogens is 2. The van der Waals surface area contributed by atoms with Crippen LogP contribution in [0, 0.1) is 0 Å². The van der Waals surface area contributed by atoms with Crippen molar-refractivity contribution in [2.75, 3.05) is 0 Å². The number of benzene rings is 2. The highest BCUT2D eigenvalue weighted by atomic mass is 16.2. The summed E-state index contributed by atoms with van der Waals surface area (Å²) >= 11 is 0. The van der Waals surface area contributed by atoms with Gasteiger partial charge in [0.2, 0.25) is 0 Å². The van der Waals surface area contributed by atoms with E-state index in [4.69, 9.17) is 0 Å². The molecule has 0 saturated heterocycles. The Morgan fingerprint density at radius 2 is 1.43 bits per heavy atom. The summed E-state index contributed by atoms with van der Waals surface area (Å²) in [6, 6.07) is 10.7. The van der Waals surface area contributed by atoms with Gasteiger partial charge in [-0.1, -0.05) is 36.4 Å². The van der Waals surface area contributed by atoms with Gasteiger partial charge in [0.25, 0.3) is 22.2 Å². The largest absolute Gasteiger partial charge is 0.277 e. The van der Waals surface area contributed by atoms with E-state index < -0.39 is 22.2 Å². The highest BCUT2D eigenvalue weighted by Crippen LogP contribution is 2.30. The molecule has 0 fully saturated rings. The van der Waals surface area contributed by atoms with Crippen molar-refractivity contribution in [3.8, 4) is 0 Å². The lowest BCUT2D eigenvalue weighted by atomic mass is 9.87. The molecule has 6 nitrogen and oxygen atoms in total. The van der Waals surface area contributed by atoms with Gasteiger partial charge in [0.05, 0.1) is 21.5 Å². The quantitative estimate of drug-likeness (QED) is 0.536. The van der Waals surface area contributed by atoms with E-state index >= 15 is 0 Å². The Hall–Kier alpha value is -3.54. The summed E-state index contributed by atoms with van der Waals surface area (Å²) in [6.45, 7) is 0.264. The fourth-order valence-electron chi connectivity index (χ4n) is 4.22. The van der Waals surface area contributed by atoms with E-state index in [1.54, 1.807) is 0 Å². The van der Waals surface area contributed by atoms with Gasteiger partial charge in [0, 0.05) is 19.5 Å². The highest BCUT2D eigenvalue weighted by Gasteiger charge is 2.22. The zero-order valence-corrected chi connectivity index (χ0v) is 15.1. The summed E-state index contributed by atoms with van der Waals surface area (Å²) in [5.74, 6) is 0.0182. The van der Waals surface area contributed by atoms with Crippen molar-refractivity contribution in [1.82, 2.24) is 9.13 Å². The van der Waals surface area contributed by atoms with E-state index in [9.17, 15) is 19.2 Å². The molecule has 2 aromatic heterocycles. The number of fused-ring (bicyclic) bond motifs is 3. The predicted molar refractivity (Wildman–Crippen MR) is 109 cm³/mol. The molecule has 138 valence electrons. The number of hydrogen-bond donors (Lipinski definition) is 0. The number of allylic oxidation sites excluding steroid dienone is 1. The molecule has 0 aliphatic heterocycles. The second-order valence-corrected chi connectivity index (χ2v) is 7.30. The average Bonchev–Trinajstić information content (AvgIpc) is 3.07. The first kappa shape index (κ1) is 16.6. The van der Waals surface area contributed by atoms with Crippen molar-refractivity contribution >= 4 is 27.6 Å². The Bertz CT molecular complexity index is 1430. The third kappa shape index (κ3) is 2.14. The molecule has 1 aliphatic carbocycles. The van der Waals surface area contributed by atoms with E-state index in [0.717, 1.165) is 22.1 Å². The normalized spacial score (nSPS) is 16.1. The molecular formula is C22H16N2O4. The third-order valence-corrected chi connectivity index (χ3v) is 5.74. The molecule has 0 amide bonds. The van der Waals surface area contributed by atoms with E-state index in [-0.39, 0.29) is 34.0 Å². The van der Waals surface area contributed by atoms with Crippen molar-refractivity contribution in [2.45, 2.75) is 18.9 Å². The van der Waals surface area contributed by atoms with Gasteiger partial charge < -0.3 is 0 Å². The molecule has 5 rings (SSSR count). The Labute approximate surface area is 158 Å². The topological polar surface area (TPSA) is 78.1 Å². The summed E-state index contributed by atoms with van der Waals surface area (Å²) in [7, 11) is 1.39. The molecule has 1 aliphatic rings. The van der Waals surface area contributed by atoms with Crippen LogP contribution in [-0.4, -0.2) is 9.13 Å². The number of nitrogens with zero attached hydrogens (tertiary/aromatic N) is 2. The van der Waals surface area contributed by atoms with Gasteiger partial charge in [0.15, 0.2) is 0 Å². The number of rotatable bonds is 2. The van der Waals surface area contributed by atoms with Crippen LogP contribution in [0.5, 0.6) is 0 Å². The van der Waals surface area contributed by atoms with Crippen molar-refractivity contribution in [2.24, 2.45) is 7.05 Å². The molecule has 6 heteroatoms. The second-order valence-electron chi connectivity index (χ2n) is 7.30. The lowest BCUT2D eigenvalue weighted by Crippen LogP contribution is -2.29. The first-order chi connectivity index (χ1) is 13.5. The maximum atomic E-state index is 12.9. The molecule has 0 bridgehead atoms. The molecule has 0 N–H and O–H groups in total. The fraction of sp³-hybridized carbons (Fsp3) is 0.182. The van der Waals surface area contributed by atoms with Crippen LogP contribution in [0.1, 0.15) is 23.5 Å². The minimum atomic E-state index is -0.451. The molecule has 1 atom stereocenters. The van der Waals surface area contributed by atoms with Gasteiger partial charge in [-0.2, -0.15) is 0 Å². The van der Waals surface area contributed by atoms with Crippen LogP contribution in [0.3, 0.4) is 0 Å². The summed E-state index contributed by atoms with van der Waals surface area (Å²) < 4.78 is 2.23. The Kier molecular flexibility index (Phi) is 3.40. The van der Waals surface area contributed by atoms with Gasteiger partial charge in [-0.05, 0) is 29.7 Å². The summed E-state index contributed by atoms with van der Waals surface area (Å²) in [5, 5.41) is 0.750. The maximum absolute atomic E-state index is 12.9. The summed E-state index contributed by atoms with van der Waals surface area (Å²) in [4.78, 5) is 50.3. The molecule has 2 heterocycles. The monoisotopic (exact) mass is 372 g/mol. The molecule has 1 unspecified atom stereocenters. The third-order valence-electron chi connectivity index (χ3n) is 5.74. The molecule has 2 aromatic carbocycles. The summed E-state index contributed by atoms with van der Waals surface area (Å²) in [6.07, 6.45) is 4.84. The van der Waals surface area contributed by atoms with E-state index in [2.05, 4.69) is 0 Å². The van der Waals surface area contributed by atoms with Crippen molar-refractivity contribution in [1.29, 1.82) is 0 Å². The van der Waals surface area contributed by atoms with Crippen molar-refractivity contribution < 1.29 is 0 Å². The van der Waals surface area contributed by atoms with Crippen LogP contribution in [0.25, 0.3) is 27.6 Å². The second kappa shape index (κ2) is 5.73. The zero-order chi connectivity index (χ0) is 19.6. The Morgan fingerprint density at radius 3 is 2.07 bits per heavy atom. The first-order valence-electron chi connectivity index (χ1n) is 9.09. The van der Waals surface area contributed by atoms with E-state index in [0.29, 0.717) is 0 Å². The highest BCUT2D eigenvalue weighted by molar-refractivity contribution is 5.97. The van der Waals surface area contributed by atoms with Crippen LogP contribution in [-0.2, 0) is 13.6 Å². The van der Waals surface area contributed by atoms with E-state index in [1.165, 1.54) is 23.7 Å². The Morgan fingerprint density at radius 1 is 0.857 bits per heavy atom.